The molecule has 8 N–H and O–H groups in total. The zero-order valence-electron chi connectivity index (χ0n) is 25.5. The van der Waals surface area contributed by atoms with Gasteiger partial charge in [0.1, 0.15) is 48.8 Å². The average molecular weight is 668 g/mol. The second kappa shape index (κ2) is 13.6. The van der Waals surface area contributed by atoms with Gasteiger partial charge in [-0.2, -0.15) is 0 Å². The molecule has 3 fully saturated rings. The third-order valence-electron chi connectivity index (χ3n) is 9.77. The van der Waals surface area contributed by atoms with Crippen molar-refractivity contribution in [2.45, 2.75) is 86.6 Å². The van der Waals surface area contributed by atoms with E-state index in [0.29, 0.717) is 30.7 Å². The number of phenolic OH excluding ortho intramolecular Hbond substituents is 1. The minimum atomic E-state index is -1.76. The first-order valence-electron chi connectivity index (χ1n) is 15.4. The molecule has 260 valence electrons. The molecule has 0 radical (unpaired) electrons. The zero-order valence-corrected chi connectivity index (χ0v) is 25.5. The number of rotatable bonds is 8. The molecule has 5 aliphatic rings. The van der Waals surface area contributed by atoms with Gasteiger partial charge in [0.15, 0.2) is 24.1 Å². The normalized spacial score (nSPS) is 41.6. The predicted molar refractivity (Wildman–Crippen MR) is 155 cm³/mol. The number of carbonyl (C=O) groups excluding carboxylic acids is 1. The molecule has 14 atom stereocenters. The summed E-state index contributed by atoms with van der Waals surface area (Å²) in [6.45, 7) is 3.18. The smallest absolute Gasteiger partial charge is 0.253 e. The molecule has 16 heteroatoms. The fourth-order valence-electron chi connectivity index (χ4n) is 7.09. The van der Waals surface area contributed by atoms with Crippen molar-refractivity contribution >= 4 is 5.91 Å². The number of aliphatic hydroxyl groups is 7. The van der Waals surface area contributed by atoms with Gasteiger partial charge in [-0.05, 0) is 36.1 Å². The summed E-state index contributed by atoms with van der Waals surface area (Å²) in [7, 11) is 1.47. The molecule has 1 aromatic carbocycles. The van der Waals surface area contributed by atoms with E-state index in [2.05, 4.69) is 6.58 Å². The van der Waals surface area contributed by atoms with Gasteiger partial charge in [0.25, 0.3) is 5.91 Å². The molecule has 5 aliphatic heterocycles. The molecule has 1 amide bonds. The lowest BCUT2D eigenvalue weighted by molar-refractivity contribution is -0.352. The predicted octanol–water partition coefficient (Wildman–Crippen LogP) is -2.47. The number of fused-ring (bicyclic) bond motifs is 4. The molecule has 0 unspecified atom stereocenters. The Balaban J connectivity index is 1.17. The molecular weight excluding hydrogens is 626 g/mol. The van der Waals surface area contributed by atoms with Gasteiger partial charge in [-0.25, -0.2) is 0 Å². The Morgan fingerprint density at radius 3 is 2.32 bits per heavy atom. The van der Waals surface area contributed by atoms with Crippen LogP contribution in [-0.2, 0) is 34.9 Å². The summed E-state index contributed by atoms with van der Waals surface area (Å²) in [5.41, 5.74) is 2.18. The largest absolute Gasteiger partial charge is 0.504 e. The number of hydrogen-bond acceptors (Lipinski definition) is 15. The second-order valence-electron chi connectivity index (χ2n) is 12.4. The van der Waals surface area contributed by atoms with Crippen molar-refractivity contribution in [3.63, 3.8) is 0 Å². The number of piperidine rings is 1. The first-order valence-corrected chi connectivity index (χ1v) is 15.4. The van der Waals surface area contributed by atoms with Crippen LogP contribution in [0.2, 0.25) is 0 Å². The van der Waals surface area contributed by atoms with E-state index >= 15 is 0 Å². The molecule has 0 bridgehead atoms. The molecule has 0 aromatic heterocycles. The van der Waals surface area contributed by atoms with Crippen LogP contribution in [0.4, 0.5) is 0 Å². The summed E-state index contributed by atoms with van der Waals surface area (Å²) in [4.78, 5) is 15.4. The number of carbonyl (C=O) groups is 1. The third kappa shape index (κ3) is 6.02. The molecule has 0 aliphatic carbocycles. The molecule has 16 nitrogen and oxygen atoms in total. The van der Waals surface area contributed by atoms with Gasteiger partial charge in [-0.15, -0.1) is 6.58 Å². The summed E-state index contributed by atoms with van der Waals surface area (Å²) < 4.78 is 33.7. The summed E-state index contributed by atoms with van der Waals surface area (Å²) >= 11 is 0. The van der Waals surface area contributed by atoms with E-state index < -0.39 is 92.8 Å². The van der Waals surface area contributed by atoms with E-state index in [4.69, 9.17) is 28.4 Å². The number of ether oxygens (including phenoxy) is 6. The van der Waals surface area contributed by atoms with E-state index in [1.54, 1.807) is 23.1 Å². The number of benzene rings is 1. The van der Waals surface area contributed by atoms with Gasteiger partial charge in [0.05, 0.1) is 38.2 Å². The summed E-state index contributed by atoms with van der Waals surface area (Å²) in [5.74, 6) is -0.975. The van der Waals surface area contributed by atoms with Gasteiger partial charge < -0.3 is 74.2 Å². The highest BCUT2D eigenvalue weighted by Gasteiger charge is 2.51. The van der Waals surface area contributed by atoms with E-state index in [9.17, 15) is 45.6 Å². The topological polar surface area (TPSA) is 238 Å². The highest BCUT2D eigenvalue weighted by molar-refractivity contribution is 5.95. The lowest BCUT2D eigenvalue weighted by Crippen LogP contribution is -2.62. The molecule has 0 spiro atoms. The monoisotopic (exact) mass is 667 g/mol. The minimum Gasteiger partial charge on any atom is -0.504 e. The van der Waals surface area contributed by atoms with Crippen LogP contribution in [0.5, 0.6) is 11.5 Å². The van der Waals surface area contributed by atoms with Gasteiger partial charge in [-0.3, -0.25) is 4.79 Å². The Labute approximate surface area is 269 Å². The Morgan fingerprint density at radius 2 is 1.64 bits per heavy atom. The quantitative estimate of drug-likeness (QED) is 0.134. The van der Waals surface area contributed by atoms with Crippen LogP contribution in [0.3, 0.4) is 0 Å². The molecule has 3 saturated heterocycles. The minimum absolute atomic E-state index is 0.0374. The number of aliphatic hydroxyl groups excluding tert-OH is 7. The summed E-state index contributed by atoms with van der Waals surface area (Å²) in [5, 5.41) is 82.3. The van der Waals surface area contributed by atoms with Crippen molar-refractivity contribution < 1.29 is 74.1 Å². The molecule has 47 heavy (non-hydrogen) atoms. The van der Waals surface area contributed by atoms with E-state index in [-0.39, 0.29) is 17.7 Å². The van der Waals surface area contributed by atoms with E-state index in [1.807, 2.05) is 0 Å². The van der Waals surface area contributed by atoms with Crippen molar-refractivity contribution in [2.24, 2.45) is 11.8 Å². The van der Waals surface area contributed by atoms with Crippen LogP contribution in [0, 0.1) is 11.8 Å². The van der Waals surface area contributed by atoms with Crippen molar-refractivity contribution in [3.8, 4) is 11.5 Å². The molecule has 1 aromatic rings. The van der Waals surface area contributed by atoms with Crippen LogP contribution in [-0.4, -0.2) is 146 Å². The standard InChI is InChI=1S/C31H41NO15/c1-3-13-15-7-17-14-8-18(34)19(42-2)6-12(14)4-5-32(17)28(41)16(15)10-43-29(13)47-31-27(40)25(38)23(36)21(46-31)11-44-30-26(39)24(37)22(35)20(9-33)45-30/h3,6,8,10,13,15,17,20-27,29-31,33-40H,1,4-5,7,9,11H2,2H3/t13-,15+,17-,20-,21-,22-,23-,24+,25+,26-,27-,29+,30+,31+/m1/s1. The maximum absolute atomic E-state index is 13.7. The van der Waals surface area contributed by atoms with Crippen molar-refractivity contribution in [1.29, 1.82) is 0 Å². The number of hydrogen-bond donors (Lipinski definition) is 8. The Hall–Kier alpha value is -2.87. The van der Waals surface area contributed by atoms with Crippen LogP contribution in [0.15, 0.2) is 36.6 Å². The first kappa shape index (κ1) is 34.0. The Morgan fingerprint density at radius 1 is 0.957 bits per heavy atom. The van der Waals surface area contributed by atoms with Crippen molar-refractivity contribution in [3.05, 3.63) is 47.7 Å². The Bertz CT molecular complexity index is 1360. The third-order valence-corrected chi connectivity index (χ3v) is 9.77. The van der Waals surface area contributed by atoms with Crippen LogP contribution < -0.4 is 4.74 Å². The molecule has 6 rings (SSSR count). The second-order valence-corrected chi connectivity index (χ2v) is 12.4. The number of nitrogens with zero attached hydrogens (tertiary/aromatic N) is 1. The molecule has 5 heterocycles. The first-order chi connectivity index (χ1) is 22.5. The van der Waals surface area contributed by atoms with E-state index in [0.717, 1.165) is 11.1 Å². The maximum atomic E-state index is 13.7. The number of aromatic hydroxyl groups is 1. The molecule has 0 saturated carbocycles. The van der Waals surface area contributed by atoms with Crippen LogP contribution >= 0.6 is 0 Å². The van der Waals surface area contributed by atoms with E-state index in [1.165, 1.54) is 13.4 Å². The summed E-state index contributed by atoms with van der Waals surface area (Å²) in [6.07, 6.45) is -13.1. The van der Waals surface area contributed by atoms with Gasteiger partial charge >= 0.3 is 0 Å². The van der Waals surface area contributed by atoms with Crippen molar-refractivity contribution in [2.75, 3.05) is 26.9 Å². The maximum Gasteiger partial charge on any atom is 0.253 e. The van der Waals surface area contributed by atoms with Crippen LogP contribution in [0.1, 0.15) is 23.6 Å². The lowest BCUT2D eigenvalue weighted by Gasteiger charge is -2.49. The van der Waals surface area contributed by atoms with Crippen molar-refractivity contribution in [1.82, 2.24) is 4.90 Å². The van der Waals surface area contributed by atoms with Gasteiger partial charge in [0.2, 0.25) is 6.29 Å². The fraction of sp³-hybridized carbons (Fsp3) is 0.645. The Kier molecular flexibility index (Phi) is 9.81. The summed E-state index contributed by atoms with van der Waals surface area (Å²) in [6, 6.07) is 3.04. The lowest BCUT2D eigenvalue weighted by atomic mass is 9.73. The van der Waals surface area contributed by atoms with Crippen LogP contribution in [0.25, 0.3) is 0 Å². The van der Waals surface area contributed by atoms with Gasteiger partial charge in [0, 0.05) is 18.4 Å². The number of phenols is 1. The van der Waals surface area contributed by atoms with Gasteiger partial charge in [-0.1, -0.05) is 6.08 Å². The SMILES string of the molecule is C=C[C@H]1[C@H](O[C@@H]2O[C@H](CO[C@H]3O[C@H](CO)[C@@H](O)[C@H](O)[C@H]3O)[C@@H](O)[C@H](O)[C@H]2O)OC=C2C(=O)N3CCc4cc(OC)c(O)cc4[C@H]3C[C@H]21. The molecular formula is C31H41NO15. The zero-order chi connectivity index (χ0) is 33.7. The highest BCUT2D eigenvalue weighted by Crippen LogP contribution is 2.49. The highest BCUT2D eigenvalue weighted by atomic mass is 16.8. The average Bonchev–Trinajstić information content (AvgIpc) is 3.07. The number of methoxy groups -OCH3 is 1. The number of amides is 1. The fourth-order valence-corrected chi connectivity index (χ4v) is 7.09.